The molecule has 2 saturated heterocycles. The Bertz CT molecular complexity index is 969. The van der Waals surface area contributed by atoms with Gasteiger partial charge < -0.3 is 25.0 Å². The molecule has 2 atom stereocenters. The van der Waals surface area contributed by atoms with Crippen LogP contribution in [0.2, 0.25) is 5.02 Å². The number of ether oxygens (including phenoxy) is 2. The molecule has 2 aliphatic heterocycles. The lowest BCUT2D eigenvalue weighted by atomic mass is 10.0. The predicted molar refractivity (Wildman–Crippen MR) is 131 cm³/mol. The maximum atomic E-state index is 12.3. The van der Waals surface area contributed by atoms with Gasteiger partial charge in [0, 0.05) is 55.9 Å². The number of halogens is 1. The highest BCUT2D eigenvalue weighted by Gasteiger charge is 2.30. The Morgan fingerprint density at radius 2 is 2.06 bits per heavy atom. The summed E-state index contributed by atoms with van der Waals surface area (Å²) < 4.78 is 10.6. The van der Waals surface area contributed by atoms with Gasteiger partial charge in [-0.25, -0.2) is 4.79 Å². The normalized spacial score (nSPS) is 20.8. The molecule has 2 aliphatic rings. The summed E-state index contributed by atoms with van der Waals surface area (Å²) in [5, 5.41) is 22.2. The minimum atomic E-state index is -0.371. The molecular formula is C23H33ClN6O4. The summed E-state index contributed by atoms with van der Waals surface area (Å²) in [4.78, 5) is 27.7. The van der Waals surface area contributed by atoms with Crippen LogP contribution in [0.4, 0.5) is 10.5 Å². The van der Waals surface area contributed by atoms with Gasteiger partial charge in [0.15, 0.2) is 5.90 Å². The van der Waals surface area contributed by atoms with Crippen molar-refractivity contribution < 1.29 is 19.1 Å². The Labute approximate surface area is 204 Å². The Kier molecular flexibility index (Phi) is 8.37. The molecule has 34 heavy (non-hydrogen) atoms. The lowest BCUT2D eigenvalue weighted by molar-refractivity contribution is -0.119. The van der Waals surface area contributed by atoms with Crippen molar-refractivity contribution in [3.8, 4) is 0 Å². The van der Waals surface area contributed by atoms with Gasteiger partial charge in [-0.05, 0) is 51.0 Å². The summed E-state index contributed by atoms with van der Waals surface area (Å²) in [7, 11) is 0. The van der Waals surface area contributed by atoms with Gasteiger partial charge in [-0.2, -0.15) is 0 Å². The van der Waals surface area contributed by atoms with E-state index in [9.17, 15) is 9.59 Å². The molecule has 0 radical (unpaired) electrons. The van der Waals surface area contributed by atoms with Crippen LogP contribution in [0.5, 0.6) is 0 Å². The number of anilines is 1. The molecule has 10 nitrogen and oxygen atoms in total. The molecule has 2 heterocycles. The first kappa shape index (κ1) is 25.8. The minimum absolute atomic E-state index is 0.0154. The number of piperazine rings is 1. The van der Waals surface area contributed by atoms with Crippen LogP contribution in [0.1, 0.15) is 38.3 Å². The van der Waals surface area contributed by atoms with Crippen LogP contribution in [0, 0.1) is 23.7 Å². The van der Waals surface area contributed by atoms with Crippen LogP contribution in [0.3, 0.4) is 0 Å². The number of nitrogens with one attached hydrogen (secondary N) is 4. The number of benzene rings is 1. The van der Waals surface area contributed by atoms with E-state index in [-0.39, 0.29) is 48.4 Å². The fraction of sp³-hybridized carbons (Fsp3) is 0.565. The summed E-state index contributed by atoms with van der Waals surface area (Å²) in [6.07, 6.45) is -0.246. The number of hydrogen-bond donors (Lipinski definition) is 4. The molecule has 186 valence electrons. The number of carbonyl (C=O) groups is 2. The number of rotatable bonds is 5. The third-order valence-corrected chi connectivity index (χ3v) is 6.18. The fourth-order valence-electron chi connectivity index (χ4n) is 4.12. The average molecular weight is 493 g/mol. The van der Waals surface area contributed by atoms with E-state index in [1.807, 2.05) is 33.8 Å². The fourth-order valence-corrected chi connectivity index (χ4v) is 4.36. The second-order valence-corrected chi connectivity index (χ2v) is 9.51. The Balaban J connectivity index is 1.61. The van der Waals surface area contributed by atoms with Gasteiger partial charge in [0.1, 0.15) is 0 Å². The van der Waals surface area contributed by atoms with Gasteiger partial charge >= 0.3 is 6.09 Å². The first-order valence-corrected chi connectivity index (χ1v) is 11.8. The lowest BCUT2D eigenvalue weighted by Gasteiger charge is -2.39. The van der Waals surface area contributed by atoms with Crippen LogP contribution < -0.4 is 10.6 Å². The van der Waals surface area contributed by atoms with Crippen molar-refractivity contribution in [2.24, 2.45) is 5.92 Å². The SMILES string of the molecule is Cc1c(CN2CCN(C(=O)OC(C)C)[C@@H](C)C2)cc(Cl)cc1NC(=N)OC(=N)C1CNC(=O)C1. The number of amides is 2. The van der Waals surface area contributed by atoms with E-state index in [1.165, 1.54) is 0 Å². The molecule has 4 N–H and O–H groups in total. The van der Waals surface area contributed by atoms with Gasteiger partial charge in [0.05, 0.1) is 12.0 Å². The second-order valence-electron chi connectivity index (χ2n) is 9.07. The maximum absolute atomic E-state index is 12.3. The van der Waals surface area contributed by atoms with Gasteiger partial charge in [0.2, 0.25) is 5.91 Å². The third kappa shape index (κ3) is 6.60. The molecule has 2 amide bonds. The number of hydrogen-bond acceptors (Lipinski definition) is 7. The van der Waals surface area contributed by atoms with Crippen molar-refractivity contribution in [3.63, 3.8) is 0 Å². The molecule has 1 unspecified atom stereocenters. The van der Waals surface area contributed by atoms with Gasteiger partial charge in [0.25, 0.3) is 6.02 Å². The number of nitrogens with zero attached hydrogens (tertiary/aromatic N) is 2. The Morgan fingerprint density at radius 1 is 1.32 bits per heavy atom. The van der Waals surface area contributed by atoms with Crippen LogP contribution in [0.25, 0.3) is 0 Å². The first-order valence-electron chi connectivity index (χ1n) is 11.4. The number of amidine groups is 1. The lowest BCUT2D eigenvalue weighted by Crippen LogP contribution is -2.54. The molecule has 11 heteroatoms. The van der Waals surface area contributed by atoms with E-state index in [1.54, 1.807) is 11.0 Å². The highest BCUT2D eigenvalue weighted by Crippen LogP contribution is 2.27. The zero-order valence-corrected chi connectivity index (χ0v) is 20.8. The maximum Gasteiger partial charge on any atom is 0.410 e. The molecule has 1 aromatic carbocycles. The van der Waals surface area contributed by atoms with E-state index in [4.69, 9.17) is 31.9 Å². The summed E-state index contributed by atoms with van der Waals surface area (Å²) in [6, 6.07) is 3.33. The zero-order chi connectivity index (χ0) is 25.0. The van der Waals surface area contributed by atoms with Crippen molar-refractivity contribution in [1.82, 2.24) is 15.1 Å². The summed E-state index contributed by atoms with van der Waals surface area (Å²) in [5.41, 5.74) is 2.53. The number of carbonyl (C=O) groups excluding carboxylic acids is 2. The molecular weight excluding hydrogens is 460 g/mol. The highest BCUT2D eigenvalue weighted by molar-refractivity contribution is 6.31. The largest absolute Gasteiger partial charge is 0.447 e. The van der Waals surface area contributed by atoms with Crippen molar-refractivity contribution in [2.75, 3.05) is 31.5 Å². The van der Waals surface area contributed by atoms with Crippen molar-refractivity contribution in [3.05, 3.63) is 28.3 Å². The van der Waals surface area contributed by atoms with E-state index >= 15 is 0 Å². The molecule has 2 fully saturated rings. The Hall–Kier alpha value is -2.85. The molecule has 0 spiro atoms. The molecule has 1 aromatic rings. The molecule has 0 saturated carbocycles. The van der Waals surface area contributed by atoms with Crippen molar-refractivity contribution in [2.45, 2.75) is 52.8 Å². The van der Waals surface area contributed by atoms with E-state index in [0.717, 1.165) is 11.1 Å². The minimum Gasteiger partial charge on any atom is -0.447 e. The van der Waals surface area contributed by atoms with E-state index in [2.05, 4.69) is 15.5 Å². The average Bonchev–Trinajstić information content (AvgIpc) is 3.17. The van der Waals surface area contributed by atoms with Gasteiger partial charge in [-0.1, -0.05) is 11.6 Å². The van der Waals surface area contributed by atoms with Gasteiger partial charge in [-0.15, -0.1) is 0 Å². The molecule has 0 bridgehead atoms. The van der Waals surface area contributed by atoms with Crippen LogP contribution in [-0.4, -0.2) is 72.0 Å². The van der Waals surface area contributed by atoms with Gasteiger partial charge in [-0.3, -0.25) is 20.5 Å². The molecule has 0 aromatic heterocycles. The summed E-state index contributed by atoms with van der Waals surface area (Å²) in [6.45, 7) is 10.6. The molecule has 3 rings (SSSR count). The smallest absolute Gasteiger partial charge is 0.410 e. The van der Waals surface area contributed by atoms with Crippen LogP contribution in [-0.2, 0) is 20.8 Å². The summed E-state index contributed by atoms with van der Waals surface area (Å²) in [5.74, 6) is -0.622. The van der Waals surface area contributed by atoms with E-state index in [0.29, 0.717) is 43.4 Å². The summed E-state index contributed by atoms with van der Waals surface area (Å²) >= 11 is 6.36. The predicted octanol–water partition coefficient (Wildman–Crippen LogP) is 3.18. The Morgan fingerprint density at radius 3 is 2.68 bits per heavy atom. The van der Waals surface area contributed by atoms with Crippen LogP contribution in [0.15, 0.2) is 12.1 Å². The highest BCUT2D eigenvalue weighted by atomic mass is 35.5. The van der Waals surface area contributed by atoms with E-state index < -0.39 is 0 Å². The molecule has 0 aliphatic carbocycles. The van der Waals surface area contributed by atoms with Crippen molar-refractivity contribution in [1.29, 1.82) is 10.8 Å². The zero-order valence-electron chi connectivity index (χ0n) is 20.0. The standard InChI is InChI=1S/C23H33ClN6O4/c1-13(2)33-23(32)30-6-5-29(11-14(30)3)12-17-7-18(24)9-19(15(17)4)28-22(26)34-21(25)16-8-20(31)27-10-16/h7,9,13-14,16,25H,5-6,8,10-12H2,1-4H3,(H2,26,28)(H,27,31)/t14-,16?/m0/s1. The van der Waals surface area contributed by atoms with Crippen molar-refractivity contribution >= 4 is 41.2 Å². The quantitative estimate of drug-likeness (QED) is 0.369. The topological polar surface area (TPSA) is 131 Å². The third-order valence-electron chi connectivity index (χ3n) is 5.97. The first-order chi connectivity index (χ1) is 16.0. The van der Waals surface area contributed by atoms with Crippen LogP contribution >= 0.6 is 11.6 Å². The monoisotopic (exact) mass is 492 g/mol. The second kappa shape index (κ2) is 11.1.